The topological polar surface area (TPSA) is 90.0 Å². The third-order valence-electron chi connectivity index (χ3n) is 5.54. The third-order valence-corrected chi connectivity index (χ3v) is 5.54. The van der Waals surface area contributed by atoms with Crippen molar-refractivity contribution in [3.63, 3.8) is 0 Å². The summed E-state index contributed by atoms with van der Waals surface area (Å²) >= 11 is 0. The van der Waals surface area contributed by atoms with Crippen LogP contribution in [0.15, 0.2) is 60.7 Å². The molecule has 2 heterocycles. The van der Waals surface area contributed by atoms with E-state index in [0.29, 0.717) is 17.7 Å². The van der Waals surface area contributed by atoms with Gasteiger partial charge in [0.2, 0.25) is 5.88 Å². The van der Waals surface area contributed by atoms with Crippen molar-refractivity contribution in [3.8, 4) is 5.88 Å². The number of ether oxygens (including phenoxy) is 3. The molecule has 8 nitrogen and oxygen atoms in total. The number of nitrogens with zero attached hydrogens (tertiary/aromatic N) is 2. The van der Waals surface area contributed by atoms with Gasteiger partial charge in [-0.25, -0.2) is 14.0 Å². The molecule has 0 radical (unpaired) electrons. The normalized spacial score (nSPS) is 14.8. The Kier molecular flexibility index (Phi) is 7.61. The summed E-state index contributed by atoms with van der Waals surface area (Å²) in [5, 5.41) is 2.69. The maximum absolute atomic E-state index is 13.5. The number of amides is 2. The van der Waals surface area contributed by atoms with Gasteiger partial charge in [0.15, 0.2) is 0 Å². The minimum atomic E-state index is -0.708. The number of hydrogen-bond donors (Lipinski definition) is 1. The summed E-state index contributed by atoms with van der Waals surface area (Å²) < 4.78 is 30.3. The molecule has 0 unspecified atom stereocenters. The molecule has 37 heavy (non-hydrogen) atoms. The number of nitrogens with one attached hydrogen (secondary N) is 1. The maximum Gasteiger partial charge on any atom is 0.415 e. The second-order valence-corrected chi connectivity index (χ2v) is 9.82. The Morgan fingerprint density at radius 2 is 1.81 bits per heavy atom. The summed E-state index contributed by atoms with van der Waals surface area (Å²) in [7, 11) is 0. The second kappa shape index (κ2) is 10.9. The highest BCUT2D eigenvalue weighted by atomic mass is 19.1. The molecule has 9 heteroatoms. The first kappa shape index (κ1) is 25.9. The van der Waals surface area contributed by atoms with Crippen LogP contribution in [0.4, 0.5) is 25.5 Å². The smallest absolute Gasteiger partial charge is 0.415 e. The number of anilines is 2. The Labute approximate surface area is 215 Å². The van der Waals surface area contributed by atoms with Crippen molar-refractivity contribution >= 4 is 23.7 Å². The van der Waals surface area contributed by atoms with Crippen molar-refractivity contribution in [3.05, 3.63) is 83.2 Å². The van der Waals surface area contributed by atoms with Crippen molar-refractivity contribution in [1.29, 1.82) is 0 Å². The van der Waals surface area contributed by atoms with E-state index in [1.165, 1.54) is 17.0 Å². The van der Waals surface area contributed by atoms with E-state index in [-0.39, 0.29) is 36.8 Å². The lowest BCUT2D eigenvalue weighted by Crippen LogP contribution is -2.45. The first-order valence-corrected chi connectivity index (χ1v) is 12.0. The van der Waals surface area contributed by atoms with E-state index in [4.69, 9.17) is 14.2 Å². The molecular formula is C28H30FN3O5. The average Bonchev–Trinajstić information content (AvgIpc) is 2.84. The van der Waals surface area contributed by atoms with Gasteiger partial charge >= 0.3 is 12.2 Å². The lowest BCUT2D eigenvalue weighted by atomic mass is 10.0. The van der Waals surface area contributed by atoms with E-state index in [9.17, 15) is 14.0 Å². The van der Waals surface area contributed by atoms with Gasteiger partial charge in [-0.2, -0.15) is 4.98 Å². The van der Waals surface area contributed by atoms with Gasteiger partial charge in [0.05, 0.1) is 6.04 Å². The summed E-state index contributed by atoms with van der Waals surface area (Å²) in [6.07, 6.45) is -0.903. The molecule has 2 aromatic carbocycles. The number of carbonyl (C=O) groups excluding carboxylic acids is 2. The van der Waals surface area contributed by atoms with Crippen LogP contribution < -0.4 is 15.0 Å². The minimum absolute atomic E-state index is 0.118. The quantitative estimate of drug-likeness (QED) is 0.450. The Bertz CT molecular complexity index is 1260. The molecule has 1 aliphatic heterocycles. The minimum Gasteiger partial charge on any atom is -0.474 e. The number of benzene rings is 2. The zero-order chi connectivity index (χ0) is 26.6. The van der Waals surface area contributed by atoms with Crippen LogP contribution >= 0.6 is 0 Å². The molecule has 1 aromatic heterocycles. The largest absolute Gasteiger partial charge is 0.474 e. The molecule has 1 aliphatic rings. The number of halogens is 1. The molecule has 2 amide bonds. The van der Waals surface area contributed by atoms with Crippen molar-refractivity contribution in [2.45, 2.75) is 52.4 Å². The fourth-order valence-corrected chi connectivity index (χ4v) is 3.85. The number of pyridine rings is 1. The van der Waals surface area contributed by atoms with Crippen molar-refractivity contribution in [2.24, 2.45) is 0 Å². The Balaban J connectivity index is 1.66. The van der Waals surface area contributed by atoms with Gasteiger partial charge in [0.1, 0.15) is 36.1 Å². The fraction of sp³-hybridized carbons (Fsp3) is 0.321. The van der Waals surface area contributed by atoms with Crippen molar-refractivity contribution in [2.75, 3.05) is 16.8 Å². The van der Waals surface area contributed by atoms with Crippen LogP contribution in [0.3, 0.4) is 0 Å². The molecule has 1 N–H and O–H groups in total. The molecule has 0 bridgehead atoms. The Morgan fingerprint density at radius 1 is 1.11 bits per heavy atom. The predicted octanol–water partition coefficient (Wildman–Crippen LogP) is 6.08. The van der Waals surface area contributed by atoms with E-state index in [0.717, 1.165) is 11.1 Å². The number of hydrogen-bond acceptors (Lipinski definition) is 6. The van der Waals surface area contributed by atoms with Gasteiger partial charge in [-0.3, -0.25) is 10.2 Å². The number of carbonyl (C=O) groups is 2. The number of aromatic nitrogens is 1. The second-order valence-electron chi connectivity index (χ2n) is 9.82. The van der Waals surface area contributed by atoms with Crippen LogP contribution in [0.25, 0.3) is 0 Å². The fourth-order valence-electron chi connectivity index (χ4n) is 3.85. The van der Waals surface area contributed by atoms with Gasteiger partial charge in [-0.05, 0) is 57.0 Å². The van der Waals surface area contributed by atoms with Gasteiger partial charge in [-0.1, -0.05) is 42.5 Å². The molecule has 4 rings (SSSR count). The van der Waals surface area contributed by atoms with E-state index in [2.05, 4.69) is 10.3 Å². The number of rotatable bonds is 5. The Morgan fingerprint density at radius 3 is 2.49 bits per heavy atom. The van der Waals surface area contributed by atoms with Gasteiger partial charge in [0.25, 0.3) is 0 Å². The molecule has 0 spiro atoms. The standard InChI is InChI=1S/C28H30FN3O5/c1-18-16-35-25-23(32(18)27(34)36-17-20-8-6-5-7-9-20)15-21(14-19-10-12-22(29)13-11-19)24(30-25)31-26(33)37-28(2,3)4/h5-13,15,18H,14,16-17H2,1-4H3,(H,30,31,33)/t18-/m0/s1. The van der Waals surface area contributed by atoms with Crippen molar-refractivity contribution < 1.29 is 28.2 Å². The third kappa shape index (κ3) is 6.75. The summed E-state index contributed by atoms with van der Waals surface area (Å²) in [4.78, 5) is 31.7. The zero-order valence-electron chi connectivity index (χ0n) is 21.3. The highest BCUT2D eigenvalue weighted by Gasteiger charge is 2.33. The highest BCUT2D eigenvalue weighted by Crippen LogP contribution is 2.37. The van der Waals surface area contributed by atoms with Crippen molar-refractivity contribution in [1.82, 2.24) is 4.98 Å². The summed E-state index contributed by atoms with van der Waals surface area (Å²) in [5.41, 5.74) is 1.96. The molecular weight excluding hydrogens is 477 g/mol. The summed E-state index contributed by atoms with van der Waals surface area (Å²) in [6, 6.07) is 16.8. The van der Waals surface area contributed by atoms with E-state index in [1.54, 1.807) is 39.0 Å². The molecule has 0 aliphatic carbocycles. The van der Waals surface area contributed by atoms with E-state index in [1.807, 2.05) is 37.3 Å². The first-order valence-electron chi connectivity index (χ1n) is 12.0. The monoisotopic (exact) mass is 507 g/mol. The molecule has 1 atom stereocenters. The van der Waals surface area contributed by atoms with E-state index >= 15 is 0 Å². The van der Waals surface area contributed by atoms with E-state index < -0.39 is 17.8 Å². The summed E-state index contributed by atoms with van der Waals surface area (Å²) in [6.45, 7) is 7.44. The molecule has 194 valence electrons. The maximum atomic E-state index is 13.5. The van der Waals surface area contributed by atoms with Gasteiger partial charge in [0, 0.05) is 12.0 Å². The molecule has 0 fully saturated rings. The van der Waals surface area contributed by atoms with Crippen LogP contribution in [-0.2, 0) is 22.5 Å². The molecule has 3 aromatic rings. The predicted molar refractivity (Wildman–Crippen MR) is 137 cm³/mol. The van der Waals surface area contributed by atoms with Crippen LogP contribution in [0.2, 0.25) is 0 Å². The van der Waals surface area contributed by atoms with Crippen LogP contribution in [0.5, 0.6) is 5.88 Å². The lowest BCUT2D eigenvalue weighted by Gasteiger charge is -2.34. The summed E-state index contributed by atoms with van der Waals surface area (Å²) in [5.74, 6) is 0.0575. The van der Waals surface area contributed by atoms with Gasteiger partial charge in [-0.15, -0.1) is 0 Å². The van der Waals surface area contributed by atoms with Crippen LogP contribution in [-0.4, -0.2) is 35.4 Å². The van der Waals surface area contributed by atoms with Crippen LogP contribution in [0.1, 0.15) is 44.4 Å². The van der Waals surface area contributed by atoms with Crippen LogP contribution in [0, 0.1) is 5.82 Å². The average molecular weight is 508 g/mol. The molecule has 0 saturated carbocycles. The number of fused-ring (bicyclic) bond motifs is 1. The molecule has 0 saturated heterocycles. The lowest BCUT2D eigenvalue weighted by molar-refractivity contribution is 0.0635. The SMILES string of the molecule is C[C@H]1COc2nc(NC(=O)OC(C)(C)C)c(Cc3ccc(F)cc3)cc2N1C(=O)OCc1ccccc1. The highest BCUT2D eigenvalue weighted by molar-refractivity contribution is 5.92. The Hall–Kier alpha value is -4.14. The first-order chi connectivity index (χ1) is 17.6. The van der Waals surface area contributed by atoms with Gasteiger partial charge < -0.3 is 14.2 Å². The zero-order valence-corrected chi connectivity index (χ0v) is 21.3.